The Morgan fingerprint density at radius 3 is 2.52 bits per heavy atom. The number of benzene rings is 1. The Labute approximate surface area is 158 Å². The highest BCUT2D eigenvalue weighted by molar-refractivity contribution is 5.61. The van der Waals surface area contributed by atoms with Gasteiger partial charge in [-0.2, -0.15) is 9.97 Å². The number of pyridine rings is 1. The van der Waals surface area contributed by atoms with Crippen molar-refractivity contribution in [3.05, 3.63) is 60.4 Å². The van der Waals surface area contributed by atoms with Crippen LogP contribution in [0.25, 0.3) is 11.3 Å². The number of anilines is 1. The van der Waals surface area contributed by atoms with Crippen molar-refractivity contribution in [1.82, 2.24) is 9.97 Å². The highest BCUT2D eigenvalue weighted by Gasteiger charge is 2.11. The van der Waals surface area contributed by atoms with E-state index in [0.29, 0.717) is 11.8 Å². The molecule has 0 aliphatic carbocycles. The molecular formula is C20H23N4O3+. The lowest BCUT2D eigenvalue weighted by atomic mass is 10.1. The summed E-state index contributed by atoms with van der Waals surface area (Å²) in [6.45, 7) is 0.735. The third-order valence-electron chi connectivity index (χ3n) is 4.05. The SMILES string of the molecule is COc1ccc(CCNc2cc(-c3ccc[n+](OC)c3)nc(OC)n2)cc1. The Hall–Kier alpha value is -3.35. The van der Waals surface area contributed by atoms with Gasteiger partial charge in [-0.1, -0.05) is 12.1 Å². The highest BCUT2D eigenvalue weighted by atomic mass is 16.6. The molecule has 3 aromatic rings. The zero-order valence-corrected chi connectivity index (χ0v) is 15.7. The first-order chi connectivity index (χ1) is 13.2. The van der Waals surface area contributed by atoms with Crippen LogP contribution in [0.5, 0.6) is 11.8 Å². The van der Waals surface area contributed by atoms with Crippen molar-refractivity contribution in [2.75, 3.05) is 33.2 Å². The minimum atomic E-state index is 0.312. The molecule has 2 aromatic heterocycles. The number of ether oxygens (including phenoxy) is 2. The number of aromatic nitrogens is 3. The summed E-state index contributed by atoms with van der Waals surface area (Å²) in [4.78, 5) is 14.0. The van der Waals surface area contributed by atoms with Gasteiger partial charge >= 0.3 is 6.01 Å². The summed E-state index contributed by atoms with van der Waals surface area (Å²) < 4.78 is 12.0. The maximum Gasteiger partial charge on any atom is 0.318 e. The van der Waals surface area contributed by atoms with Gasteiger partial charge in [-0.15, -0.1) is 0 Å². The maximum atomic E-state index is 5.25. The first-order valence-corrected chi connectivity index (χ1v) is 8.58. The maximum absolute atomic E-state index is 5.25. The van der Waals surface area contributed by atoms with Gasteiger partial charge in [-0.3, -0.25) is 4.84 Å². The molecule has 7 heteroatoms. The number of nitrogens with zero attached hydrogens (tertiary/aromatic N) is 3. The number of methoxy groups -OCH3 is 2. The molecule has 0 unspecified atom stereocenters. The molecule has 27 heavy (non-hydrogen) atoms. The molecule has 3 rings (SSSR count). The lowest BCUT2D eigenvalue weighted by Crippen LogP contribution is -2.39. The van der Waals surface area contributed by atoms with Crippen LogP contribution in [0.15, 0.2) is 54.9 Å². The van der Waals surface area contributed by atoms with Gasteiger partial charge < -0.3 is 14.8 Å². The van der Waals surface area contributed by atoms with Crippen LogP contribution < -0.4 is 24.4 Å². The molecule has 1 N–H and O–H groups in total. The molecule has 0 radical (unpaired) electrons. The van der Waals surface area contributed by atoms with E-state index in [2.05, 4.69) is 27.4 Å². The Kier molecular flexibility index (Phi) is 6.04. The first-order valence-electron chi connectivity index (χ1n) is 8.58. The number of hydrogen-bond acceptors (Lipinski definition) is 6. The summed E-state index contributed by atoms with van der Waals surface area (Å²) in [5.41, 5.74) is 2.87. The summed E-state index contributed by atoms with van der Waals surface area (Å²) >= 11 is 0. The lowest BCUT2D eigenvalue weighted by molar-refractivity contribution is -0.885. The minimum Gasteiger partial charge on any atom is -0.497 e. The fourth-order valence-electron chi connectivity index (χ4n) is 2.60. The van der Waals surface area contributed by atoms with E-state index in [-0.39, 0.29) is 0 Å². The molecule has 140 valence electrons. The molecule has 0 atom stereocenters. The smallest absolute Gasteiger partial charge is 0.318 e. The van der Waals surface area contributed by atoms with E-state index in [1.165, 1.54) is 5.56 Å². The topological polar surface area (TPSA) is 69.4 Å². The molecule has 0 saturated heterocycles. The van der Waals surface area contributed by atoms with Crippen molar-refractivity contribution in [2.24, 2.45) is 0 Å². The van der Waals surface area contributed by atoms with Gasteiger partial charge in [0.2, 0.25) is 12.4 Å². The number of nitrogens with one attached hydrogen (secondary N) is 1. The molecule has 0 fully saturated rings. The molecule has 0 amide bonds. The Morgan fingerprint density at radius 2 is 1.81 bits per heavy atom. The standard InChI is InChI=1S/C20H23N4O3/c1-25-17-8-6-15(7-9-17)10-11-21-19-13-18(22-20(23-19)26-2)16-5-4-12-24(14-16)27-3/h4-9,12-14H,10-11H2,1-3H3,(H,21,22,23)/q+1. The highest BCUT2D eigenvalue weighted by Crippen LogP contribution is 2.21. The van der Waals surface area contributed by atoms with Gasteiger partial charge in [-0.05, 0) is 30.2 Å². The summed E-state index contributed by atoms with van der Waals surface area (Å²) in [6.07, 6.45) is 4.53. The van der Waals surface area contributed by atoms with Crippen molar-refractivity contribution in [2.45, 2.75) is 6.42 Å². The van der Waals surface area contributed by atoms with Crippen molar-refractivity contribution in [3.8, 4) is 23.0 Å². The Morgan fingerprint density at radius 1 is 1.00 bits per heavy atom. The predicted molar refractivity (Wildman–Crippen MR) is 102 cm³/mol. The van der Waals surface area contributed by atoms with Crippen LogP contribution in [0.1, 0.15) is 5.56 Å². The fourth-order valence-corrected chi connectivity index (χ4v) is 2.60. The normalized spacial score (nSPS) is 10.3. The zero-order valence-electron chi connectivity index (χ0n) is 15.7. The van der Waals surface area contributed by atoms with Crippen LogP contribution >= 0.6 is 0 Å². The van der Waals surface area contributed by atoms with Crippen LogP contribution in [0.3, 0.4) is 0 Å². The molecule has 0 saturated carbocycles. The average Bonchev–Trinajstić information content (AvgIpc) is 2.74. The fraction of sp³-hybridized carbons (Fsp3) is 0.250. The van der Waals surface area contributed by atoms with Gasteiger partial charge in [-0.25, -0.2) is 0 Å². The average molecular weight is 367 g/mol. The zero-order chi connectivity index (χ0) is 19.1. The van der Waals surface area contributed by atoms with Gasteiger partial charge in [0.05, 0.1) is 25.5 Å². The molecule has 0 aliphatic rings. The van der Waals surface area contributed by atoms with Crippen molar-refractivity contribution in [3.63, 3.8) is 0 Å². The van der Waals surface area contributed by atoms with E-state index < -0.39 is 0 Å². The number of hydrogen-bond donors (Lipinski definition) is 1. The monoisotopic (exact) mass is 367 g/mol. The van der Waals surface area contributed by atoms with E-state index in [4.69, 9.17) is 14.3 Å². The lowest BCUT2D eigenvalue weighted by Gasteiger charge is -2.09. The summed E-state index contributed by atoms with van der Waals surface area (Å²) in [5.74, 6) is 1.56. The quantitative estimate of drug-likeness (QED) is 0.616. The summed E-state index contributed by atoms with van der Waals surface area (Å²) in [6, 6.07) is 14.1. The van der Waals surface area contributed by atoms with Crippen molar-refractivity contribution >= 4 is 5.82 Å². The largest absolute Gasteiger partial charge is 0.497 e. The second kappa shape index (κ2) is 8.84. The number of rotatable bonds is 8. The summed E-state index contributed by atoms with van der Waals surface area (Å²) in [5, 5.41) is 3.33. The van der Waals surface area contributed by atoms with Crippen molar-refractivity contribution in [1.29, 1.82) is 0 Å². The molecule has 2 heterocycles. The van der Waals surface area contributed by atoms with Gasteiger partial charge in [0.1, 0.15) is 18.7 Å². The Bertz CT molecular complexity index is 885. The molecule has 0 spiro atoms. The summed E-state index contributed by atoms with van der Waals surface area (Å²) in [7, 11) is 4.83. The van der Waals surface area contributed by atoms with Crippen LogP contribution in [-0.4, -0.2) is 37.8 Å². The van der Waals surface area contributed by atoms with Crippen LogP contribution in [0.2, 0.25) is 0 Å². The van der Waals surface area contributed by atoms with Crippen molar-refractivity contribution < 1.29 is 19.0 Å². The predicted octanol–water partition coefficient (Wildman–Crippen LogP) is 2.16. The van der Waals surface area contributed by atoms with Crippen LogP contribution in [0, 0.1) is 0 Å². The van der Waals surface area contributed by atoms with E-state index in [9.17, 15) is 0 Å². The first kappa shape index (κ1) is 18.4. The Balaban J connectivity index is 1.72. The van der Waals surface area contributed by atoms with Crippen LogP contribution in [-0.2, 0) is 6.42 Å². The molecule has 0 aliphatic heterocycles. The minimum absolute atomic E-state index is 0.312. The third kappa shape index (κ3) is 4.84. The van der Waals surface area contributed by atoms with E-state index in [0.717, 1.165) is 30.0 Å². The molecule has 1 aromatic carbocycles. The van der Waals surface area contributed by atoms with Gasteiger partial charge in [0.25, 0.3) is 0 Å². The van der Waals surface area contributed by atoms with E-state index in [1.54, 1.807) is 26.1 Å². The van der Waals surface area contributed by atoms with Crippen LogP contribution in [0.4, 0.5) is 5.82 Å². The van der Waals surface area contributed by atoms with E-state index >= 15 is 0 Å². The molecule has 0 bridgehead atoms. The second-order valence-electron chi connectivity index (χ2n) is 5.79. The van der Waals surface area contributed by atoms with E-state index in [1.807, 2.05) is 42.7 Å². The third-order valence-corrected chi connectivity index (χ3v) is 4.05. The van der Waals surface area contributed by atoms with Gasteiger partial charge in [0.15, 0.2) is 0 Å². The van der Waals surface area contributed by atoms with Gasteiger partial charge in [0, 0.05) is 23.4 Å². The molecular weight excluding hydrogens is 344 g/mol. The second-order valence-corrected chi connectivity index (χ2v) is 5.79. The molecule has 7 nitrogen and oxygen atoms in total.